The van der Waals surface area contributed by atoms with Crippen molar-refractivity contribution in [3.63, 3.8) is 0 Å². The van der Waals surface area contributed by atoms with Crippen molar-refractivity contribution in [3.8, 4) is 0 Å². The quantitative estimate of drug-likeness (QED) is 0.873. The first-order valence-electron chi connectivity index (χ1n) is 4.91. The van der Waals surface area contributed by atoms with Gasteiger partial charge < -0.3 is 10.8 Å². The van der Waals surface area contributed by atoms with Crippen molar-refractivity contribution in [1.29, 1.82) is 0 Å². The lowest BCUT2D eigenvalue weighted by atomic mass is 9.96. The van der Waals surface area contributed by atoms with Gasteiger partial charge in [0.2, 0.25) is 0 Å². The summed E-state index contributed by atoms with van der Waals surface area (Å²) in [6.07, 6.45) is 0.524. The van der Waals surface area contributed by atoms with Crippen LogP contribution in [0.1, 0.15) is 12.0 Å². The topological polar surface area (TPSA) is 63.3 Å². The van der Waals surface area contributed by atoms with E-state index in [1.807, 2.05) is 0 Å². The summed E-state index contributed by atoms with van der Waals surface area (Å²) >= 11 is 3.15. The number of rotatable bonds is 5. The molecule has 16 heavy (non-hydrogen) atoms. The molecule has 1 rings (SSSR count). The summed E-state index contributed by atoms with van der Waals surface area (Å²) in [6.45, 7) is 0.287. The standard InChI is InChI=1S/C11H13BrFNO2/c12-9-2-1-7(10(13)6-9)5-8(3-4-14)11(15)16/h1-2,6,8H,3-5,14H2,(H,15,16). The zero-order chi connectivity index (χ0) is 12.1. The second kappa shape index (κ2) is 5.96. The van der Waals surface area contributed by atoms with E-state index in [0.29, 0.717) is 16.5 Å². The van der Waals surface area contributed by atoms with Gasteiger partial charge in [0.05, 0.1) is 5.92 Å². The highest BCUT2D eigenvalue weighted by Gasteiger charge is 2.18. The van der Waals surface area contributed by atoms with Crippen LogP contribution < -0.4 is 5.73 Å². The molecule has 0 amide bonds. The Morgan fingerprint density at radius 2 is 2.25 bits per heavy atom. The number of halogens is 2. The van der Waals surface area contributed by atoms with Crippen molar-refractivity contribution in [1.82, 2.24) is 0 Å². The molecule has 88 valence electrons. The summed E-state index contributed by atoms with van der Waals surface area (Å²) in [4.78, 5) is 10.9. The van der Waals surface area contributed by atoms with Crippen LogP contribution >= 0.6 is 15.9 Å². The fourth-order valence-electron chi connectivity index (χ4n) is 1.47. The molecule has 3 nitrogen and oxygen atoms in total. The summed E-state index contributed by atoms with van der Waals surface area (Å²) in [5, 5.41) is 8.92. The third-order valence-corrected chi connectivity index (χ3v) is 2.84. The van der Waals surface area contributed by atoms with E-state index >= 15 is 0 Å². The van der Waals surface area contributed by atoms with Gasteiger partial charge in [0.15, 0.2) is 0 Å². The van der Waals surface area contributed by atoms with Crippen LogP contribution in [0.2, 0.25) is 0 Å². The van der Waals surface area contributed by atoms with Gasteiger partial charge in [0, 0.05) is 4.47 Å². The monoisotopic (exact) mass is 289 g/mol. The van der Waals surface area contributed by atoms with E-state index in [4.69, 9.17) is 10.8 Å². The van der Waals surface area contributed by atoms with Gasteiger partial charge in [0.1, 0.15) is 5.82 Å². The van der Waals surface area contributed by atoms with Gasteiger partial charge in [0.25, 0.3) is 0 Å². The molecule has 5 heteroatoms. The molecule has 0 saturated carbocycles. The Labute approximate surface area is 102 Å². The third kappa shape index (κ3) is 3.57. The van der Waals surface area contributed by atoms with Gasteiger partial charge in [-0.15, -0.1) is 0 Å². The summed E-state index contributed by atoms with van der Waals surface area (Å²) in [6, 6.07) is 4.61. The molecule has 0 spiro atoms. The summed E-state index contributed by atoms with van der Waals surface area (Å²) in [5.41, 5.74) is 5.72. The van der Waals surface area contributed by atoms with Crippen molar-refractivity contribution in [2.45, 2.75) is 12.8 Å². The average Bonchev–Trinajstić information content (AvgIpc) is 2.20. The van der Waals surface area contributed by atoms with Gasteiger partial charge in [-0.25, -0.2) is 4.39 Å². The van der Waals surface area contributed by atoms with E-state index in [1.165, 1.54) is 6.07 Å². The van der Waals surface area contributed by atoms with Crippen molar-refractivity contribution >= 4 is 21.9 Å². The zero-order valence-corrected chi connectivity index (χ0v) is 10.2. The lowest BCUT2D eigenvalue weighted by Gasteiger charge is -2.11. The molecule has 1 unspecified atom stereocenters. The van der Waals surface area contributed by atoms with E-state index in [9.17, 15) is 9.18 Å². The van der Waals surface area contributed by atoms with Crippen LogP contribution in [0, 0.1) is 11.7 Å². The lowest BCUT2D eigenvalue weighted by molar-refractivity contribution is -0.141. The molecule has 0 aromatic heterocycles. The minimum absolute atomic E-state index is 0.172. The maximum absolute atomic E-state index is 13.5. The molecule has 1 aromatic carbocycles. The molecular formula is C11H13BrFNO2. The highest BCUT2D eigenvalue weighted by Crippen LogP contribution is 2.19. The van der Waals surface area contributed by atoms with Crippen LogP contribution in [-0.4, -0.2) is 17.6 Å². The molecule has 0 saturated heterocycles. The third-order valence-electron chi connectivity index (χ3n) is 2.35. The molecule has 0 aliphatic carbocycles. The first-order chi connectivity index (χ1) is 7.54. The van der Waals surface area contributed by atoms with E-state index in [-0.39, 0.29) is 13.0 Å². The maximum atomic E-state index is 13.5. The predicted octanol–water partition coefficient (Wildman–Crippen LogP) is 2.18. The molecule has 1 atom stereocenters. The maximum Gasteiger partial charge on any atom is 0.306 e. The van der Waals surface area contributed by atoms with E-state index in [1.54, 1.807) is 12.1 Å². The lowest BCUT2D eigenvalue weighted by Crippen LogP contribution is -2.20. The Morgan fingerprint density at radius 1 is 1.56 bits per heavy atom. The number of nitrogens with two attached hydrogens (primary N) is 1. The van der Waals surface area contributed by atoms with Crippen LogP contribution in [0.15, 0.2) is 22.7 Å². The van der Waals surface area contributed by atoms with Gasteiger partial charge in [-0.2, -0.15) is 0 Å². The first-order valence-corrected chi connectivity index (χ1v) is 5.70. The Hall–Kier alpha value is -0.940. The normalized spacial score (nSPS) is 12.4. The van der Waals surface area contributed by atoms with Gasteiger partial charge in [-0.1, -0.05) is 22.0 Å². The molecule has 1 aromatic rings. The van der Waals surface area contributed by atoms with Gasteiger partial charge in [-0.3, -0.25) is 4.79 Å². The largest absolute Gasteiger partial charge is 0.481 e. The minimum Gasteiger partial charge on any atom is -0.481 e. The second-order valence-electron chi connectivity index (χ2n) is 3.55. The van der Waals surface area contributed by atoms with Gasteiger partial charge in [-0.05, 0) is 37.1 Å². The number of aliphatic carboxylic acids is 1. The summed E-state index contributed by atoms with van der Waals surface area (Å²) in [7, 11) is 0. The predicted molar refractivity (Wildman–Crippen MR) is 62.6 cm³/mol. The van der Waals surface area contributed by atoms with Gasteiger partial charge >= 0.3 is 5.97 Å². The van der Waals surface area contributed by atoms with Crippen LogP contribution in [0.4, 0.5) is 4.39 Å². The highest BCUT2D eigenvalue weighted by molar-refractivity contribution is 9.10. The van der Waals surface area contributed by atoms with Crippen LogP contribution in [-0.2, 0) is 11.2 Å². The number of carboxylic acids is 1. The van der Waals surface area contributed by atoms with Crippen LogP contribution in [0.5, 0.6) is 0 Å². The van der Waals surface area contributed by atoms with E-state index in [0.717, 1.165) is 0 Å². The van der Waals surface area contributed by atoms with E-state index in [2.05, 4.69) is 15.9 Å². The zero-order valence-electron chi connectivity index (χ0n) is 8.62. The average molecular weight is 290 g/mol. The SMILES string of the molecule is NCCC(Cc1ccc(Br)cc1F)C(=O)O. The molecule has 0 radical (unpaired) electrons. The van der Waals surface area contributed by atoms with E-state index < -0.39 is 17.7 Å². The molecule has 0 fully saturated rings. The highest BCUT2D eigenvalue weighted by atomic mass is 79.9. The van der Waals surface area contributed by atoms with Crippen molar-refractivity contribution < 1.29 is 14.3 Å². The Balaban J connectivity index is 2.81. The van der Waals surface area contributed by atoms with Crippen LogP contribution in [0.3, 0.4) is 0 Å². The fourth-order valence-corrected chi connectivity index (χ4v) is 1.80. The first kappa shape index (κ1) is 13.1. The van der Waals surface area contributed by atoms with Crippen molar-refractivity contribution in [2.24, 2.45) is 11.7 Å². The Morgan fingerprint density at radius 3 is 2.75 bits per heavy atom. The molecule has 0 aliphatic rings. The number of hydrogen-bond donors (Lipinski definition) is 2. The van der Waals surface area contributed by atoms with Crippen LogP contribution in [0.25, 0.3) is 0 Å². The second-order valence-corrected chi connectivity index (χ2v) is 4.47. The Bertz CT molecular complexity index is 384. The molecule has 0 aliphatic heterocycles. The smallest absolute Gasteiger partial charge is 0.306 e. The Kier molecular flexibility index (Phi) is 4.89. The van der Waals surface area contributed by atoms with Crippen molar-refractivity contribution in [3.05, 3.63) is 34.1 Å². The minimum atomic E-state index is -0.937. The number of benzene rings is 1. The number of hydrogen-bond acceptors (Lipinski definition) is 2. The number of carbonyl (C=O) groups is 1. The summed E-state index contributed by atoms with van der Waals surface area (Å²) in [5.74, 6) is -1.95. The molecule has 0 bridgehead atoms. The van der Waals surface area contributed by atoms with Crippen molar-refractivity contribution in [2.75, 3.05) is 6.54 Å². The summed E-state index contributed by atoms with van der Waals surface area (Å²) < 4.78 is 14.1. The fraction of sp³-hybridized carbons (Fsp3) is 0.364. The molecule has 0 heterocycles. The molecular weight excluding hydrogens is 277 g/mol. The molecule has 3 N–H and O–H groups in total. The number of carboxylic acid groups (broad SMARTS) is 1.